The minimum Gasteiger partial charge on any atom is -0.507 e. The summed E-state index contributed by atoms with van der Waals surface area (Å²) in [6.45, 7) is 5.63. The molecule has 0 amide bonds. The van der Waals surface area contributed by atoms with Crippen molar-refractivity contribution >= 4 is 5.76 Å². The summed E-state index contributed by atoms with van der Waals surface area (Å²) in [5, 5.41) is 20.1. The van der Waals surface area contributed by atoms with Crippen LogP contribution in [0.25, 0.3) is 5.76 Å². The van der Waals surface area contributed by atoms with Crippen LogP contribution in [0.2, 0.25) is 0 Å². The van der Waals surface area contributed by atoms with E-state index in [-0.39, 0.29) is 12.0 Å². The fourth-order valence-corrected chi connectivity index (χ4v) is 2.59. The van der Waals surface area contributed by atoms with Crippen molar-refractivity contribution in [1.82, 2.24) is 4.90 Å². The highest BCUT2D eigenvalue weighted by Gasteiger charge is 2.31. The van der Waals surface area contributed by atoms with E-state index >= 15 is 0 Å². The number of aliphatic hydroxyl groups is 2. The number of nitrogens with zero attached hydrogens (tertiary/aromatic N) is 1. The third-order valence-corrected chi connectivity index (χ3v) is 3.78. The summed E-state index contributed by atoms with van der Waals surface area (Å²) in [5.41, 5.74) is 2.41. The second kappa shape index (κ2) is 4.54. The second-order valence-corrected chi connectivity index (χ2v) is 5.36. The Morgan fingerprint density at radius 2 is 2.11 bits per heavy atom. The maximum atomic E-state index is 10.2. The maximum absolute atomic E-state index is 10.2. The van der Waals surface area contributed by atoms with Gasteiger partial charge in [0.05, 0.1) is 11.7 Å². The van der Waals surface area contributed by atoms with Crippen molar-refractivity contribution in [3.05, 3.63) is 34.9 Å². The van der Waals surface area contributed by atoms with Crippen LogP contribution >= 0.6 is 0 Å². The predicted octanol–water partition coefficient (Wildman–Crippen LogP) is 2.37. The van der Waals surface area contributed by atoms with E-state index in [0.717, 1.165) is 24.2 Å². The molecule has 2 aliphatic heterocycles. The van der Waals surface area contributed by atoms with Gasteiger partial charge in [0.1, 0.15) is 11.5 Å². The van der Waals surface area contributed by atoms with Gasteiger partial charge in [0.15, 0.2) is 6.23 Å². The standard InChI is InChI=1S/C15H19NO3/c1-9-6-11(10(2)17)15-12(7-9)13(18)8-14(19-15)16-4-3-5-16/h6-8,10,14,17-18H,3-5H2,1-2H3. The number of ether oxygens (including phenoxy) is 1. The van der Waals surface area contributed by atoms with Gasteiger partial charge in [0.2, 0.25) is 0 Å². The maximum Gasteiger partial charge on any atom is 0.175 e. The van der Waals surface area contributed by atoms with Crippen molar-refractivity contribution < 1.29 is 14.9 Å². The zero-order valence-electron chi connectivity index (χ0n) is 11.3. The molecule has 2 unspecified atom stereocenters. The fourth-order valence-electron chi connectivity index (χ4n) is 2.59. The van der Waals surface area contributed by atoms with Crippen molar-refractivity contribution in [2.75, 3.05) is 13.1 Å². The van der Waals surface area contributed by atoms with E-state index in [1.54, 1.807) is 13.0 Å². The third-order valence-electron chi connectivity index (χ3n) is 3.78. The number of likely N-dealkylation sites (tertiary alicyclic amines) is 1. The van der Waals surface area contributed by atoms with Gasteiger partial charge < -0.3 is 14.9 Å². The molecule has 4 heteroatoms. The van der Waals surface area contributed by atoms with E-state index in [9.17, 15) is 10.2 Å². The van der Waals surface area contributed by atoms with Gasteiger partial charge in [0.25, 0.3) is 0 Å². The Bertz CT molecular complexity index is 532. The quantitative estimate of drug-likeness (QED) is 0.858. The van der Waals surface area contributed by atoms with E-state index in [0.29, 0.717) is 11.3 Å². The lowest BCUT2D eigenvalue weighted by Crippen LogP contribution is -2.48. The van der Waals surface area contributed by atoms with E-state index < -0.39 is 6.10 Å². The Balaban J connectivity index is 2.04. The molecule has 19 heavy (non-hydrogen) atoms. The largest absolute Gasteiger partial charge is 0.507 e. The lowest BCUT2D eigenvalue weighted by Gasteiger charge is -2.39. The number of benzene rings is 1. The van der Waals surface area contributed by atoms with Gasteiger partial charge in [-0.05, 0) is 38.0 Å². The topological polar surface area (TPSA) is 52.9 Å². The Morgan fingerprint density at radius 3 is 2.68 bits per heavy atom. The average Bonchev–Trinajstić information content (AvgIpc) is 2.27. The molecule has 1 fully saturated rings. The van der Waals surface area contributed by atoms with E-state index in [1.807, 2.05) is 19.1 Å². The molecule has 102 valence electrons. The van der Waals surface area contributed by atoms with Gasteiger partial charge in [-0.15, -0.1) is 0 Å². The molecule has 0 radical (unpaired) electrons. The van der Waals surface area contributed by atoms with Crippen LogP contribution in [0.15, 0.2) is 18.2 Å². The van der Waals surface area contributed by atoms with Crippen LogP contribution in [0.1, 0.15) is 36.1 Å². The first kappa shape index (κ1) is 12.5. The van der Waals surface area contributed by atoms with Crippen molar-refractivity contribution in [3.8, 4) is 5.75 Å². The lowest BCUT2D eigenvalue weighted by atomic mass is 9.98. The molecule has 1 saturated heterocycles. The summed E-state index contributed by atoms with van der Waals surface area (Å²) < 4.78 is 5.98. The molecule has 4 nitrogen and oxygen atoms in total. The van der Waals surface area contributed by atoms with E-state index in [2.05, 4.69) is 4.90 Å². The molecule has 1 aromatic carbocycles. The Hall–Kier alpha value is -1.52. The highest BCUT2D eigenvalue weighted by Crippen LogP contribution is 2.38. The summed E-state index contributed by atoms with van der Waals surface area (Å²) in [5.74, 6) is 0.848. The summed E-state index contributed by atoms with van der Waals surface area (Å²) in [4.78, 5) is 2.16. The SMILES string of the molecule is Cc1cc2c(c(C(C)O)c1)OC(N1CCC1)C=C2O. The van der Waals surface area contributed by atoms with Gasteiger partial charge in [-0.2, -0.15) is 0 Å². The number of aryl methyl sites for hydroxylation is 1. The fraction of sp³-hybridized carbons (Fsp3) is 0.467. The highest BCUT2D eigenvalue weighted by molar-refractivity contribution is 5.69. The molecular weight excluding hydrogens is 242 g/mol. The molecular formula is C15H19NO3. The predicted molar refractivity (Wildman–Crippen MR) is 73.0 cm³/mol. The van der Waals surface area contributed by atoms with Crippen molar-refractivity contribution in [2.45, 2.75) is 32.6 Å². The van der Waals surface area contributed by atoms with Crippen LogP contribution in [0.4, 0.5) is 0 Å². The Kier molecular flexibility index (Phi) is 2.99. The minimum atomic E-state index is -0.614. The van der Waals surface area contributed by atoms with Crippen molar-refractivity contribution in [1.29, 1.82) is 0 Å². The summed E-state index contributed by atoms with van der Waals surface area (Å²) in [6.07, 6.45) is 2.07. The van der Waals surface area contributed by atoms with Crippen LogP contribution in [0.5, 0.6) is 5.75 Å². The first-order valence-electron chi connectivity index (χ1n) is 6.71. The third kappa shape index (κ3) is 2.11. The van der Waals surface area contributed by atoms with Crippen LogP contribution in [0.3, 0.4) is 0 Å². The van der Waals surface area contributed by atoms with Gasteiger partial charge in [-0.1, -0.05) is 0 Å². The molecule has 0 saturated carbocycles. The van der Waals surface area contributed by atoms with Gasteiger partial charge >= 0.3 is 0 Å². The molecule has 0 aliphatic carbocycles. The van der Waals surface area contributed by atoms with Gasteiger partial charge in [-0.25, -0.2) is 0 Å². The van der Waals surface area contributed by atoms with Crippen LogP contribution in [0, 0.1) is 6.92 Å². The summed E-state index contributed by atoms with van der Waals surface area (Å²) >= 11 is 0. The number of hydrogen-bond acceptors (Lipinski definition) is 4. The Labute approximate surface area is 112 Å². The van der Waals surface area contributed by atoms with Gasteiger partial charge in [0, 0.05) is 24.7 Å². The highest BCUT2D eigenvalue weighted by atomic mass is 16.5. The zero-order valence-corrected chi connectivity index (χ0v) is 11.3. The average molecular weight is 261 g/mol. The second-order valence-electron chi connectivity index (χ2n) is 5.36. The molecule has 2 atom stereocenters. The number of hydrogen-bond donors (Lipinski definition) is 2. The Morgan fingerprint density at radius 1 is 1.37 bits per heavy atom. The molecule has 0 aromatic heterocycles. The first-order valence-corrected chi connectivity index (χ1v) is 6.71. The van der Waals surface area contributed by atoms with Crippen LogP contribution in [-0.4, -0.2) is 34.4 Å². The molecule has 3 rings (SSSR count). The molecule has 2 heterocycles. The number of rotatable bonds is 2. The smallest absolute Gasteiger partial charge is 0.175 e. The van der Waals surface area contributed by atoms with Crippen molar-refractivity contribution in [3.63, 3.8) is 0 Å². The summed E-state index contributed by atoms with van der Waals surface area (Å²) in [6, 6.07) is 3.80. The molecule has 2 aliphatic rings. The van der Waals surface area contributed by atoms with Crippen molar-refractivity contribution in [2.24, 2.45) is 0 Å². The van der Waals surface area contributed by atoms with E-state index in [4.69, 9.17) is 4.74 Å². The lowest BCUT2D eigenvalue weighted by molar-refractivity contribution is 0.0122. The molecule has 0 bridgehead atoms. The molecule has 1 aromatic rings. The monoisotopic (exact) mass is 261 g/mol. The number of fused-ring (bicyclic) bond motifs is 1. The molecule has 0 spiro atoms. The van der Waals surface area contributed by atoms with Crippen LogP contribution < -0.4 is 4.74 Å². The van der Waals surface area contributed by atoms with Crippen LogP contribution in [-0.2, 0) is 0 Å². The van der Waals surface area contributed by atoms with Gasteiger partial charge in [-0.3, -0.25) is 4.90 Å². The van der Waals surface area contributed by atoms with E-state index in [1.165, 1.54) is 6.42 Å². The number of aliphatic hydroxyl groups excluding tert-OH is 2. The zero-order chi connectivity index (χ0) is 13.6. The minimum absolute atomic E-state index is 0.221. The first-order chi connectivity index (χ1) is 9.06. The normalized spacial score (nSPS) is 23.9. The summed E-state index contributed by atoms with van der Waals surface area (Å²) in [7, 11) is 0. The molecule has 2 N–H and O–H groups in total.